The number of allylic oxidation sites excluding steroid dienone is 6. The number of carboxylic acid groups (broad SMARTS) is 1. The van der Waals surface area contributed by atoms with Crippen LogP contribution < -0.4 is 0 Å². The molecule has 0 aliphatic heterocycles. The van der Waals surface area contributed by atoms with E-state index in [1.165, 1.54) is 5.57 Å². The molecule has 0 aromatic heterocycles. The maximum absolute atomic E-state index is 12.8. The van der Waals surface area contributed by atoms with E-state index in [0.717, 1.165) is 24.8 Å². The normalized spacial score (nSPS) is 41.5. The minimum absolute atomic E-state index is 0.0476. The molecule has 0 spiro atoms. The highest BCUT2D eigenvalue weighted by Crippen LogP contribution is 2.65. The van der Waals surface area contributed by atoms with Crippen molar-refractivity contribution < 1.29 is 24.6 Å². The van der Waals surface area contributed by atoms with Gasteiger partial charge in [-0.15, -0.1) is 0 Å². The number of hydrogen-bond donors (Lipinski definition) is 2. The summed E-state index contributed by atoms with van der Waals surface area (Å²) in [6.07, 6.45) is 10.8. The molecule has 5 atom stereocenters. The molecule has 5 heteroatoms. The Kier molecular flexibility index (Phi) is 4.31. The molecule has 150 valence electrons. The minimum Gasteiger partial charge on any atom is -0.481 e. The zero-order valence-corrected chi connectivity index (χ0v) is 16.5. The van der Waals surface area contributed by atoms with Crippen LogP contribution in [0.25, 0.3) is 0 Å². The molecule has 2 unspecified atom stereocenters. The number of hydrogen-bond acceptors (Lipinski definition) is 4. The molecule has 0 bridgehead atoms. The fourth-order valence-corrected chi connectivity index (χ4v) is 6.42. The van der Waals surface area contributed by atoms with Crippen molar-refractivity contribution in [3.8, 4) is 0 Å². The molecule has 4 aliphatic carbocycles. The third-order valence-corrected chi connectivity index (χ3v) is 8.13. The number of aliphatic hydroxyl groups is 1. The number of aliphatic carboxylic acids is 1. The minimum atomic E-state index is -1.45. The number of Topliss-reactive ketones (excluding diaryl/α,β-unsaturated/α-hetero) is 1. The topological polar surface area (TPSA) is 91.7 Å². The first-order chi connectivity index (χ1) is 13.1. The average Bonchev–Trinajstić information content (AvgIpc) is 2.92. The van der Waals surface area contributed by atoms with Gasteiger partial charge in [-0.3, -0.25) is 14.4 Å². The number of carbonyl (C=O) groups is 3. The van der Waals surface area contributed by atoms with Crippen LogP contribution in [0, 0.1) is 22.7 Å². The van der Waals surface area contributed by atoms with Crippen LogP contribution in [0.4, 0.5) is 0 Å². The summed E-state index contributed by atoms with van der Waals surface area (Å²) in [5.74, 6) is -0.828. The Bertz CT molecular complexity index is 849. The zero-order valence-electron chi connectivity index (χ0n) is 16.5. The van der Waals surface area contributed by atoms with Crippen molar-refractivity contribution >= 4 is 17.5 Å². The molecule has 2 saturated carbocycles. The van der Waals surface area contributed by atoms with Crippen molar-refractivity contribution in [3.63, 3.8) is 0 Å². The van der Waals surface area contributed by atoms with E-state index in [0.29, 0.717) is 12.8 Å². The standard InChI is InChI=1S/C23H28O5/c1-21-10-7-15(24)13-14(21)3-4-16-17(21)8-11-22(2)18(16)9-12-23(22,28)19(25)5-6-20(26)27/h7-8,10,13,16,18,28H,3-6,9,11-12H2,1-2H3,(H,26,27)/t16?,18?,21-,22-,23-/m0/s1. The molecule has 5 nitrogen and oxygen atoms in total. The van der Waals surface area contributed by atoms with Crippen molar-refractivity contribution in [1.29, 1.82) is 0 Å². The molecule has 2 N–H and O–H groups in total. The SMILES string of the molecule is C[C@]12C=CC(=O)C=C1CCC1C2=CC[C@@]2(C)C1CC[C@]2(O)C(=O)CCC(=O)O. The van der Waals surface area contributed by atoms with Gasteiger partial charge in [0, 0.05) is 17.3 Å². The maximum atomic E-state index is 12.8. The summed E-state index contributed by atoms with van der Waals surface area (Å²) in [6, 6.07) is 0. The van der Waals surface area contributed by atoms with Crippen molar-refractivity contribution in [1.82, 2.24) is 0 Å². The average molecular weight is 384 g/mol. The highest BCUT2D eigenvalue weighted by atomic mass is 16.4. The highest BCUT2D eigenvalue weighted by Gasteiger charge is 2.63. The first kappa shape index (κ1) is 19.3. The smallest absolute Gasteiger partial charge is 0.303 e. The number of rotatable bonds is 4. The first-order valence-corrected chi connectivity index (χ1v) is 10.2. The number of carboxylic acids is 1. The van der Waals surface area contributed by atoms with Crippen molar-refractivity contribution in [2.75, 3.05) is 0 Å². The van der Waals surface area contributed by atoms with Gasteiger partial charge in [-0.25, -0.2) is 0 Å². The van der Waals surface area contributed by atoms with E-state index in [9.17, 15) is 19.5 Å². The van der Waals surface area contributed by atoms with Crippen LogP contribution in [0.15, 0.2) is 35.5 Å². The molecule has 0 amide bonds. The lowest BCUT2D eigenvalue weighted by molar-refractivity contribution is -0.154. The molecule has 0 aromatic carbocycles. The second-order valence-electron chi connectivity index (χ2n) is 9.36. The Labute approximate surface area is 165 Å². The van der Waals surface area contributed by atoms with Crippen LogP contribution in [-0.2, 0) is 14.4 Å². The van der Waals surface area contributed by atoms with E-state index < -0.39 is 17.0 Å². The lowest BCUT2D eigenvalue weighted by atomic mass is 9.51. The summed E-state index contributed by atoms with van der Waals surface area (Å²) in [4.78, 5) is 35.5. The van der Waals surface area contributed by atoms with E-state index in [1.54, 1.807) is 12.2 Å². The van der Waals surface area contributed by atoms with Crippen LogP contribution in [0.3, 0.4) is 0 Å². The van der Waals surface area contributed by atoms with E-state index in [1.807, 2.05) is 13.0 Å². The fourth-order valence-electron chi connectivity index (χ4n) is 6.42. The Hall–Kier alpha value is -2.01. The molecular formula is C23H28O5. The molecule has 0 heterocycles. The monoisotopic (exact) mass is 384 g/mol. The first-order valence-electron chi connectivity index (χ1n) is 10.2. The lowest BCUT2D eigenvalue weighted by Gasteiger charge is -2.53. The zero-order chi connectivity index (χ0) is 20.3. The molecule has 2 fully saturated rings. The van der Waals surface area contributed by atoms with Gasteiger partial charge in [-0.2, -0.15) is 0 Å². The van der Waals surface area contributed by atoms with E-state index >= 15 is 0 Å². The summed E-state index contributed by atoms with van der Waals surface area (Å²) < 4.78 is 0. The Morgan fingerprint density at radius 2 is 1.96 bits per heavy atom. The molecule has 4 aliphatic rings. The van der Waals surface area contributed by atoms with E-state index in [-0.39, 0.29) is 41.7 Å². The van der Waals surface area contributed by atoms with Gasteiger partial charge >= 0.3 is 5.97 Å². The quantitative estimate of drug-likeness (QED) is 0.725. The van der Waals surface area contributed by atoms with Gasteiger partial charge in [0.1, 0.15) is 5.60 Å². The number of ketones is 2. The Balaban J connectivity index is 1.67. The molecular weight excluding hydrogens is 356 g/mol. The number of carbonyl (C=O) groups excluding carboxylic acids is 2. The second kappa shape index (κ2) is 6.24. The van der Waals surface area contributed by atoms with Crippen LogP contribution in [0.5, 0.6) is 0 Å². The van der Waals surface area contributed by atoms with Gasteiger partial charge in [0.2, 0.25) is 0 Å². The third kappa shape index (κ3) is 2.52. The van der Waals surface area contributed by atoms with Gasteiger partial charge in [0.25, 0.3) is 0 Å². The van der Waals surface area contributed by atoms with Crippen molar-refractivity contribution in [3.05, 3.63) is 35.5 Å². The van der Waals surface area contributed by atoms with Crippen molar-refractivity contribution in [2.45, 2.75) is 64.4 Å². The molecule has 0 saturated heterocycles. The van der Waals surface area contributed by atoms with Gasteiger partial charge < -0.3 is 10.2 Å². The predicted octanol–water partition coefficient (Wildman–Crippen LogP) is 3.38. The van der Waals surface area contributed by atoms with Crippen LogP contribution in [-0.4, -0.2) is 33.3 Å². The van der Waals surface area contributed by atoms with Gasteiger partial charge in [0.15, 0.2) is 11.6 Å². The molecule has 0 radical (unpaired) electrons. The van der Waals surface area contributed by atoms with Gasteiger partial charge in [-0.1, -0.05) is 30.2 Å². The van der Waals surface area contributed by atoms with E-state index in [4.69, 9.17) is 5.11 Å². The third-order valence-electron chi connectivity index (χ3n) is 8.13. The van der Waals surface area contributed by atoms with Crippen LogP contribution in [0.1, 0.15) is 58.8 Å². The molecule has 28 heavy (non-hydrogen) atoms. The second-order valence-corrected chi connectivity index (χ2v) is 9.36. The predicted molar refractivity (Wildman–Crippen MR) is 103 cm³/mol. The highest BCUT2D eigenvalue weighted by molar-refractivity contribution is 6.01. The molecule has 4 rings (SSSR count). The summed E-state index contributed by atoms with van der Waals surface area (Å²) >= 11 is 0. The van der Waals surface area contributed by atoms with Crippen LogP contribution in [0.2, 0.25) is 0 Å². The fraction of sp³-hybridized carbons (Fsp3) is 0.609. The van der Waals surface area contributed by atoms with Gasteiger partial charge in [-0.05, 0) is 63.0 Å². The number of fused-ring (bicyclic) bond motifs is 5. The molecule has 0 aromatic rings. The van der Waals surface area contributed by atoms with Crippen LogP contribution >= 0.6 is 0 Å². The summed E-state index contributed by atoms with van der Waals surface area (Å²) in [5, 5.41) is 20.3. The lowest BCUT2D eigenvalue weighted by Crippen LogP contribution is -2.54. The van der Waals surface area contributed by atoms with Gasteiger partial charge in [0.05, 0.1) is 6.42 Å². The Morgan fingerprint density at radius 1 is 1.21 bits per heavy atom. The summed E-state index contributed by atoms with van der Waals surface area (Å²) in [6.45, 7) is 4.17. The van der Waals surface area contributed by atoms with E-state index in [2.05, 4.69) is 13.0 Å². The Morgan fingerprint density at radius 3 is 2.68 bits per heavy atom. The van der Waals surface area contributed by atoms with Crippen molar-refractivity contribution in [2.24, 2.45) is 22.7 Å². The maximum Gasteiger partial charge on any atom is 0.303 e. The summed E-state index contributed by atoms with van der Waals surface area (Å²) in [5.41, 5.74) is 0.217. The largest absolute Gasteiger partial charge is 0.481 e. The summed E-state index contributed by atoms with van der Waals surface area (Å²) in [7, 11) is 0.